The van der Waals surface area contributed by atoms with Crippen LogP contribution in [0, 0.1) is 0 Å². The van der Waals surface area contributed by atoms with E-state index in [1.54, 1.807) is 30.5 Å². The van der Waals surface area contributed by atoms with Crippen LogP contribution in [0.5, 0.6) is 17.2 Å². The summed E-state index contributed by atoms with van der Waals surface area (Å²) in [6.07, 6.45) is -3.18. The Morgan fingerprint density at radius 3 is 2.38 bits per heavy atom. The molecule has 1 amide bonds. The topological polar surface area (TPSA) is 96.8 Å². The van der Waals surface area contributed by atoms with E-state index in [1.807, 2.05) is 17.7 Å². The second kappa shape index (κ2) is 11.4. The molecule has 2 N–H and O–H groups in total. The van der Waals surface area contributed by atoms with Crippen molar-refractivity contribution < 1.29 is 27.4 Å². The maximum atomic E-state index is 12.5. The van der Waals surface area contributed by atoms with Crippen LogP contribution in [0.15, 0.2) is 60.8 Å². The Bertz CT molecular complexity index is 1480. The Hall–Kier alpha value is -4.36. The second-order valence-electron chi connectivity index (χ2n) is 9.45. The van der Waals surface area contributed by atoms with Crippen LogP contribution in [-0.4, -0.2) is 76.4 Å². The quantitative estimate of drug-likeness (QED) is 0.326. The molecule has 2 aromatic heterocycles. The van der Waals surface area contributed by atoms with Gasteiger partial charge in [-0.25, -0.2) is 9.97 Å². The number of carbonyl (C=O) groups is 1. The van der Waals surface area contributed by atoms with E-state index in [1.165, 1.54) is 24.3 Å². The molecule has 1 aliphatic heterocycles. The van der Waals surface area contributed by atoms with Crippen molar-refractivity contribution in [3.63, 3.8) is 0 Å². The second-order valence-corrected chi connectivity index (χ2v) is 9.45. The van der Waals surface area contributed by atoms with Crippen molar-refractivity contribution in [3.8, 4) is 17.2 Å². The highest BCUT2D eigenvalue weighted by molar-refractivity contribution is 5.91. The number of hydrogen-bond acceptors (Lipinski definition) is 8. The molecule has 0 saturated carbocycles. The number of benzene rings is 2. The lowest BCUT2D eigenvalue weighted by molar-refractivity contribution is -0.274. The number of aryl methyl sites for hydroxylation is 1. The Labute approximate surface area is 228 Å². The van der Waals surface area contributed by atoms with Crippen LogP contribution in [0.3, 0.4) is 0 Å². The number of rotatable bonds is 8. The van der Waals surface area contributed by atoms with Gasteiger partial charge in [0, 0.05) is 57.2 Å². The summed E-state index contributed by atoms with van der Waals surface area (Å²) in [6.45, 7) is 3.86. The van der Waals surface area contributed by atoms with Crippen LogP contribution in [0.2, 0.25) is 0 Å². The zero-order valence-corrected chi connectivity index (χ0v) is 21.9. The molecule has 2 aromatic carbocycles. The molecule has 13 heteroatoms. The molecular formula is C27H28F3N7O3. The Morgan fingerprint density at radius 2 is 1.65 bits per heavy atom. The summed E-state index contributed by atoms with van der Waals surface area (Å²) < 4.78 is 49.0. The number of pyridine rings is 1. The number of fused-ring (bicyclic) bond motifs is 1. The lowest BCUT2D eigenvalue weighted by atomic mass is 10.3. The van der Waals surface area contributed by atoms with Crippen LogP contribution in [0.1, 0.15) is 0 Å². The van der Waals surface area contributed by atoms with Gasteiger partial charge in [0.1, 0.15) is 23.1 Å². The first-order valence-corrected chi connectivity index (χ1v) is 12.6. The Kier molecular flexibility index (Phi) is 7.76. The van der Waals surface area contributed by atoms with Crippen molar-refractivity contribution in [1.82, 2.24) is 24.3 Å². The molecule has 210 valence electrons. The van der Waals surface area contributed by atoms with Crippen LogP contribution < -0.4 is 20.1 Å². The molecule has 0 atom stereocenters. The first-order chi connectivity index (χ1) is 19.1. The third-order valence-corrected chi connectivity index (χ3v) is 6.39. The first-order valence-electron chi connectivity index (χ1n) is 12.6. The molecular weight excluding hydrogens is 527 g/mol. The van der Waals surface area contributed by atoms with Gasteiger partial charge in [0.05, 0.1) is 17.6 Å². The highest BCUT2D eigenvalue weighted by Gasteiger charge is 2.31. The van der Waals surface area contributed by atoms with Crippen LogP contribution in [-0.2, 0) is 11.8 Å². The maximum Gasteiger partial charge on any atom is 0.573 e. The number of piperazine rings is 1. The van der Waals surface area contributed by atoms with E-state index in [4.69, 9.17) is 4.74 Å². The largest absolute Gasteiger partial charge is 0.573 e. The van der Waals surface area contributed by atoms with Gasteiger partial charge in [0.25, 0.3) is 0 Å². The van der Waals surface area contributed by atoms with E-state index < -0.39 is 6.36 Å². The van der Waals surface area contributed by atoms with Gasteiger partial charge in [-0.2, -0.15) is 0 Å². The summed E-state index contributed by atoms with van der Waals surface area (Å²) in [6, 6.07) is 14.2. The fraction of sp³-hybridized carbons (Fsp3) is 0.296. The van der Waals surface area contributed by atoms with E-state index in [9.17, 15) is 18.0 Å². The van der Waals surface area contributed by atoms with Crippen LogP contribution in [0.4, 0.5) is 30.6 Å². The molecule has 0 aliphatic carbocycles. The van der Waals surface area contributed by atoms with Crippen molar-refractivity contribution in [2.24, 2.45) is 7.05 Å². The van der Waals surface area contributed by atoms with Gasteiger partial charge >= 0.3 is 6.36 Å². The number of alkyl halides is 3. The third kappa shape index (κ3) is 6.98. The highest BCUT2D eigenvalue weighted by Crippen LogP contribution is 2.30. The number of halogens is 3. The number of nitrogens with one attached hydrogen (secondary N) is 2. The zero-order valence-electron chi connectivity index (χ0n) is 21.9. The van der Waals surface area contributed by atoms with Gasteiger partial charge < -0.3 is 29.6 Å². The normalized spacial score (nSPS) is 14.7. The predicted octanol–water partition coefficient (Wildman–Crippen LogP) is 4.59. The summed E-state index contributed by atoms with van der Waals surface area (Å²) in [5.74, 6) is 1.48. The summed E-state index contributed by atoms with van der Waals surface area (Å²) in [5, 5.41) is 5.93. The number of anilines is 3. The number of carbonyl (C=O) groups excluding carboxylic acids is 1. The van der Waals surface area contributed by atoms with Crippen LogP contribution in [0.25, 0.3) is 11.0 Å². The molecule has 40 heavy (non-hydrogen) atoms. The number of ether oxygens (including phenoxy) is 2. The average Bonchev–Trinajstić information content (AvgIpc) is 3.20. The molecule has 1 saturated heterocycles. The van der Waals surface area contributed by atoms with Gasteiger partial charge in [0.15, 0.2) is 0 Å². The van der Waals surface area contributed by atoms with Crippen molar-refractivity contribution in [1.29, 1.82) is 0 Å². The number of amides is 1. The van der Waals surface area contributed by atoms with Gasteiger partial charge in [-0.05, 0) is 49.5 Å². The van der Waals surface area contributed by atoms with Crippen molar-refractivity contribution in [3.05, 3.63) is 60.8 Å². The van der Waals surface area contributed by atoms with E-state index in [0.717, 1.165) is 31.7 Å². The predicted molar refractivity (Wildman–Crippen MR) is 144 cm³/mol. The minimum absolute atomic E-state index is 0.133. The first kappa shape index (κ1) is 27.2. The van der Waals surface area contributed by atoms with E-state index in [2.05, 4.69) is 42.2 Å². The molecule has 0 radical (unpaired) electrons. The van der Waals surface area contributed by atoms with E-state index in [0.29, 0.717) is 41.0 Å². The Balaban J connectivity index is 1.23. The zero-order chi connectivity index (χ0) is 28.3. The Morgan fingerprint density at radius 1 is 0.950 bits per heavy atom. The number of hydrogen-bond donors (Lipinski definition) is 2. The summed E-state index contributed by atoms with van der Waals surface area (Å²) in [4.78, 5) is 25.7. The fourth-order valence-electron chi connectivity index (χ4n) is 4.29. The molecule has 1 fully saturated rings. The standard InChI is InChI=1S/C27H28F3N7O3/c1-35-11-13-37(14-12-35)17-25(38)34-24-16-21(9-10-31-24)39-20-7-8-23-22(15-20)33-26(36(23)2)32-18-3-5-19(6-4-18)40-27(28,29)30/h3-10,15-16H,11-14,17H2,1-2H3,(H,32,33)(H,31,34,38). The van der Waals surface area contributed by atoms with Gasteiger partial charge in [0.2, 0.25) is 11.9 Å². The van der Waals surface area contributed by atoms with Crippen LogP contribution >= 0.6 is 0 Å². The van der Waals surface area contributed by atoms with Crippen molar-refractivity contribution in [2.75, 3.05) is 50.4 Å². The summed E-state index contributed by atoms with van der Waals surface area (Å²) in [7, 11) is 3.89. The molecule has 0 unspecified atom stereocenters. The highest BCUT2D eigenvalue weighted by atomic mass is 19.4. The van der Waals surface area contributed by atoms with Gasteiger partial charge in [-0.15, -0.1) is 13.2 Å². The van der Waals surface area contributed by atoms with Gasteiger partial charge in [-0.3, -0.25) is 9.69 Å². The minimum Gasteiger partial charge on any atom is -0.457 e. The molecule has 4 aromatic rings. The molecule has 1 aliphatic rings. The van der Waals surface area contributed by atoms with Crippen molar-refractivity contribution >= 4 is 34.4 Å². The molecule has 10 nitrogen and oxygen atoms in total. The maximum absolute atomic E-state index is 12.5. The minimum atomic E-state index is -4.75. The smallest absolute Gasteiger partial charge is 0.457 e. The van der Waals surface area contributed by atoms with Gasteiger partial charge in [-0.1, -0.05) is 0 Å². The lowest BCUT2D eigenvalue weighted by Crippen LogP contribution is -2.47. The van der Waals surface area contributed by atoms with E-state index in [-0.39, 0.29) is 11.7 Å². The van der Waals surface area contributed by atoms with Crippen molar-refractivity contribution in [2.45, 2.75) is 6.36 Å². The summed E-state index contributed by atoms with van der Waals surface area (Å²) >= 11 is 0. The summed E-state index contributed by atoms with van der Waals surface area (Å²) in [5.41, 5.74) is 2.01. The SMILES string of the molecule is CN1CCN(CC(=O)Nc2cc(Oc3ccc4c(c3)nc(Nc3ccc(OC(F)(F)F)cc3)n4C)ccn2)CC1. The molecule has 0 bridgehead atoms. The van der Waals surface area contributed by atoms with E-state index >= 15 is 0 Å². The number of nitrogens with zero attached hydrogens (tertiary/aromatic N) is 5. The fourth-order valence-corrected chi connectivity index (χ4v) is 4.29. The average molecular weight is 556 g/mol. The molecule has 0 spiro atoms. The third-order valence-electron chi connectivity index (χ3n) is 6.39. The number of aromatic nitrogens is 3. The number of likely N-dealkylation sites (N-methyl/N-ethyl adjacent to an activating group) is 1. The monoisotopic (exact) mass is 555 g/mol. The molecule has 5 rings (SSSR count). The number of imidazole rings is 1. The molecule has 3 heterocycles. The lowest BCUT2D eigenvalue weighted by Gasteiger charge is -2.31.